The Morgan fingerprint density at radius 1 is 1.19 bits per heavy atom. The van der Waals surface area contributed by atoms with Crippen LogP contribution in [0.3, 0.4) is 0 Å². The predicted octanol–water partition coefficient (Wildman–Crippen LogP) is 4.00. The van der Waals surface area contributed by atoms with Gasteiger partial charge in [0.15, 0.2) is 0 Å². The maximum atomic E-state index is 12.8. The number of hydrogen-bond acceptors (Lipinski definition) is 3. The highest BCUT2D eigenvalue weighted by atomic mass is 35.5. The van der Waals surface area contributed by atoms with Crippen LogP contribution in [0.5, 0.6) is 0 Å². The Bertz CT molecular complexity index is 896. The molecule has 26 heavy (non-hydrogen) atoms. The summed E-state index contributed by atoms with van der Waals surface area (Å²) < 4.78 is 26.8. The molecule has 1 N–H and O–H groups in total. The number of aryl methyl sites for hydroxylation is 1. The third kappa shape index (κ3) is 4.37. The molecular formula is C19H23ClN2O3S. The van der Waals surface area contributed by atoms with Crippen LogP contribution in [0.15, 0.2) is 47.4 Å². The number of carbonyl (C=O) groups excluding carboxylic acids is 1. The van der Waals surface area contributed by atoms with Crippen LogP contribution >= 0.6 is 11.6 Å². The Morgan fingerprint density at radius 2 is 1.81 bits per heavy atom. The van der Waals surface area contributed by atoms with Crippen LogP contribution < -0.4 is 9.62 Å². The molecule has 5 nitrogen and oxygen atoms in total. The maximum absolute atomic E-state index is 12.8. The Labute approximate surface area is 160 Å². The number of halogens is 1. The largest absolute Gasteiger partial charge is 0.350 e. The molecule has 0 aliphatic rings. The molecule has 1 amide bonds. The first kappa shape index (κ1) is 20.3. The van der Waals surface area contributed by atoms with Crippen molar-refractivity contribution in [3.63, 3.8) is 0 Å². The van der Waals surface area contributed by atoms with Crippen molar-refractivity contribution < 1.29 is 13.2 Å². The highest BCUT2D eigenvalue weighted by Gasteiger charge is 2.23. The summed E-state index contributed by atoms with van der Waals surface area (Å²) in [5.74, 6) is -0.327. The van der Waals surface area contributed by atoms with Crippen molar-refractivity contribution in [1.29, 1.82) is 0 Å². The number of carbonyl (C=O) groups is 1. The minimum atomic E-state index is -3.73. The van der Waals surface area contributed by atoms with Crippen molar-refractivity contribution in [3.8, 4) is 0 Å². The molecule has 0 saturated heterocycles. The van der Waals surface area contributed by atoms with Gasteiger partial charge in [0.2, 0.25) is 0 Å². The van der Waals surface area contributed by atoms with Crippen molar-refractivity contribution in [2.45, 2.75) is 38.1 Å². The second-order valence-electron chi connectivity index (χ2n) is 6.23. The Morgan fingerprint density at radius 3 is 2.38 bits per heavy atom. The number of hydrogen-bond donors (Lipinski definition) is 1. The molecule has 2 aromatic carbocycles. The van der Waals surface area contributed by atoms with Crippen LogP contribution in [0, 0.1) is 6.92 Å². The third-order valence-corrected chi connectivity index (χ3v) is 6.36. The fraction of sp³-hybridized carbons (Fsp3) is 0.316. The monoisotopic (exact) mass is 394 g/mol. The Balaban J connectivity index is 2.37. The average Bonchev–Trinajstić information content (AvgIpc) is 2.61. The molecule has 7 heteroatoms. The summed E-state index contributed by atoms with van der Waals surface area (Å²) in [7, 11) is -2.28. The van der Waals surface area contributed by atoms with E-state index in [2.05, 4.69) is 5.32 Å². The molecule has 0 saturated carbocycles. The average molecular weight is 395 g/mol. The summed E-state index contributed by atoms with van der Waals surface area (Å²) in [6.45, 7) is 5.75. The topological polar surface area (TPSA) is 66.5 Å². The summed E-state index contributed by atoms with van der Waals surface area (Å²) in [6, 6.07) is 11.2. The van der Waals surface area contributed by atoms with E-state index in [0.29, 0.717) is 5.69 Å². The number of nitrogens with zero attached hydrogens (tertiary/aromatic N) is 1. The normalized spacial score (nSPS) is 12.5. The molecule has 2 aromatic rings. The van der Waals surface area contributed by atoms with Gasteiger partial charge in [-0.3, -0.25) is 9.10 Å². The predicted molar refractivity (Wildman–Crippen MR) is 105 cm³/mol. The Hall–Kier alpha value is -2.05. The SMILES string of the molecule is CC[C@H](C)NC(=O)c1cc(N(C)S(=O)(=O)c2ccc(C)cc2)ccc1Cl. The van der Waals surface area contributed by atoms with Crippen LogP contribution in [0.2, 0.25) is 5.02 Å². The molecule has 140 valence electrons. The minimum Gasteiger partial charge on any atom is -0.350 e. The van der Waals surface area contributed by atoms with E-state index in [1.165, 1.54) is 19.2 Å². The van der Waals surface area contributed by atoms with Crippen molar-refractivity contribution >= 4 is 33.2 Å². The standard InChI is InChI=1S/C19H23ClN2O3S/c1-5-14(3)21-19(23)17-12-15(8-11-18(17)20)22(4)26(24,25)16-9-6-13(2)7-10-16/h6-12,14H,5H2,1-4H3,(H,21,23)/t14-/m0/s1. The second kappa shape index (κ2) is 8.10. The lowest BCUT2D eigenvalue weighted by Crippen LogP contribution is -2.32. The zero-order valence-corrected chi connectivity index (χ0v) is 16.9. The molecule has 2 rings (SSSR count). The smallest absolute Gasteiger partial charge is 0.264 e. The molecular weight excluding hydrogens is 372 g/mol. The van der Waals surface area contributed by atoms with Gasteiger partial charge in [0, 0.05) is 13.1 Å². The number of benzene rings is 2. The van der Waals surface area contributed by atoms with E-state index in [-0.39, 0.29) is 27.4 Å². The van der Waals surface area contributed by atoms with E-state index in [0.717, 1.165) is 16.3 Å². The quantitative estimate of drug-likeness (QED) is 0.805. The van der Waals surface area contributed by atoms with E-state index < -0.39 is 10.0 Å². The van der Waals surface area contributed by atoms with Gasteiger partial charge >= 0.3 is 0 Å². The second-order valence-corrected chi connectivity index (χ2v) is 8.61. The molecule has 0 spiro atoms. The van der Waals surface area contributed by atoms with E-state index in [9.17, 15) is 13.2 Å². The van der Waals surface area contributed by atoms with Crippen molar-refractivity contribution in [1.82, 2.24) is 5.32 Å². The van der Waals surface area contributed by atoms with Gasteiger partial charge in [0.25, 0.3) is 15.9 Å². The highest BCUT2D eigenvalue weighted by molar-refractivity contribution is 7.92. The van der Waals surface area contributed by atoms with E-state index in [4.69, 9.17) is 11.6 Å². The molecule has 0 heterocycles. The zero-order chi connectivity index (χ0) is 19.5. The fourth-order valence-corrected chi connectivity index (χ4v) is 3.68. The third-order valence-electron chi connectivity index (χ3n) is 4.23. The first-order chi connectivity index (χ1) is 12.2. The van der Waals surface area contributed by atoms with E-state index >= 15 is 0 Å². The number of nitrogens with one attached hydrogen (secondary N) is 1. The Kier molecular flexibility index (Phi) is 6.31. The molecule has 1 atom stereocenters. The molecule has 0 radical (unpaired) electrons. The number of anilines is 1. The van der Waals surface area contributed by atoms with E-state index in [1.54, 1.807) is 30.3 Å². The lowest BCUT2D eigenvalue weighted by Gasteiger charge is -2.21. The van der Waals surface area contributed by atoms with Gasteiger partial charge < -0.3 is 5.32 Å². The van der Waals surface area contributed by atoms with Gasteiger partial charge in [-0.2, -0.15) is 0 Å². The molecule has 0 aromatic heterocycles. The number of sulfonamides is 1. The van der Waals surface area contributed by atoms with Crippen LogP contribution in [0.25, 0.3) is 0 Å². The maximum Gasteiger partial charge on any atom is 0.264 e. The minimum absolute atomic E-state index is 0.00348. The molecule has 0 aliphatic heterocycles. The molecule has 0 aliphatic carbocycles. The van der Waals surface area contributed by atoms with Crippen LogP contribution in [0.1, 0.15) is 36.2 Å². The summed E-state index contributed by atoms with van der Waals surface area (Å²) in [4.78, 5) is 12.6. The lowest BCUT2D eigenvalue weighted by molar-refractivity contribution is 0.0939. The first-order valence-electron chi connectivity index (χ1n) is 8.32. The van der Waals surface area contributed by atoms with Crippen molar-refractivity contribution in [2.24, 2.45) is 0 Å². The molecule has 0 fully saturated rings. The van der Waals surface area contributed by atoms with Crippen molar-refractivity contribution in [2.75, 3.05) is 11.4 Å². The molecule has 0 bridgehead atoms. The van der Waals surface area contributed by atoms with Gasteiger partial charge in [-0.15, -0.1) is 0 Å². The summed E-state index contributed by atoms with van der Waals surface area (Å²) in [6.07, 6.45) is 0.782. The lowest BCUT2D eigenvalue weighted by atomic mass is 10.1. The number of rotatable bonds is 6. The van der Waals surface area contributed by atoms with Crippen LogP contribution in [-0.4, -0.2) is 27.4 Å². The van der Waals surface area contributed by atoms with Crippen LogP contribution in [0.4, 0.5) is 5.69 Å². The van der Waals surface area contributed by atoms with Crippen LogP contribution in [-0.2, 0) is 10.0 Å². The zero-order valence-electron chi connectivity index (χ0n) is 15.3. The summed E-state index contributed by atoms with van der Waals surface area (Å²) in [5, 5.41) is 3.11. The summed E-state index contributed by atoms with van der Waals surface area (Å²) in [5.41, 5.74) is 1.58. The number of amides is 1. The van der Waals surface area contributed by atoms with E-state index in [1.807, 2.05) is 20.8 Å². The van der Waals surface area contributed by atoms with Gasteiger partial charge in [0.1, 0.15) is 0 Å². The fourth-order valence-electron chi connectivity index (χ4n) is 2.29. The van der Waals surface area contributed by atoms with Crippen molar-refractivity contribution in [3.05, 3.63) is 58.6 Å². The highest BCUT2D eigenvalue weighted by Crippen LogP contribution is 2.27. The summed E-state index contributed by atoms with van der Waals surface area (Å²) >= 11 is 6.14. The van der Waals surface area contributed by atoms with Gasteiger partial charge in [-0.1, -0.05) is 36.2 Å². The van der Waals surface area contributed by atoms with Gasteiger partial charge in [-0.05, 0) is 50.6 Å². The van der Waals surface area contributed by atoms with Gasteiger partial charge in [0.05, 0.1) is 21.2 Å². The first-order valence-corrected chi connectivity index (χ1v) is 10.1. The van der Waals surface area contributed by atoms with Gasteiger partial charge in [-0.25, -0.2) is 8.42 Å². The molecule has 0 unspecified atom stereocenters.